The molecule has 67 heavy (non-hydrogen) atoms. The van der Waals surface area contributed by atoms with Gasteiger partial charge in [-0.05, 0) is 153 Å². The summed E-state index contributed by atoms with van der Waals surface area (Å²) in [7, 11) is -1.90. The van der Waals surface area contributed by atoms with Gasteiger partial charge in [-0.25, -0.2) is 0 Å². The normalized spacial score (nSPS) is 12.6. The molecule has 0 radical (unpaired) electrons. The molecule has 0 N–H and O–H groups in total. The number of aryl methyl sites for hydroxylation is 4. The molecule has 0 saturated carbocycles. The molecule has 0 bridgehead atoms. The highest BCUT2D eigenvalue weighted by atomic mass is 28.3. The molecular weight excluding hydrogens is 828 g/mol. The monoisotopic (exact) mass is 882 g/mol. The quantitative estimate of drug-likeness (QED) is 0.134. The van der Waals surface area contributed by atoms with E-state index in [-0.39, 0.29) is 6.71 Å². The average Bonchev–Trinajstić information content (AvgIpc) is 3.34. The first-order valence-electron chi connectivity index (χ1n) is 23.5. The van der Waals surface area contributed by atoms with Gasteiger partial charge in [0.15, 0.2) is 0 Å². The maximum atomic E-state index is 2.55. The minimum absolute atomic E-state index is 0.0342. The van der Waals surface area contributed by atoms with Crippen molar-refractivity contribution >= 4 is 105 Å². The van der Waals surface area contributed by atoms with Crippen LogP contribution in [-0.4, -0.2) is 14.8 Å². The number of benzene rings is 9. The Morgan fingerprint density at radius 2 is 0.657 bits per heavy atom. The number of fused-ring (bicyclic) bond motifs is 4. The lowest BCUT2D eigenvalue weighted by atomic mass is 9.33. The highest BCUT2D eigenvalue weighted by Crippen LogP contribution is 2.47. The molecule has 0 aliphatic carbocycles. The van der Waals surface area contributed by atoms with Crippen LogP contribution in [0.2, 0.25) is 19.6 Å². The van der Waals surface area contributed by atoms with Crippen molar-refractivity contribution in [1.82, 2.24) is 0 Å². The first kappa shape index (κ1) is 42.1. The van der Waals surface area contributed by atoms with Crippen LogP contribution >= 0.6 is 0 Å². The Morgan fingerprint density at radius 1 is 0.343 bits per heavy atom. The van der Waals surface area contributed by atoms with Gasteiger partial charge in [0.05, 0.1) is 8.07 Å². The van der Waals surface area contributed by atoms with Crippen LogP contribution in [0.25, 0.3) is 0 Å². The average molecular weight is 883 g/mol. The van der Waals surface area contributed by atoms with Crippen molar-refractivity contribution in [1.29, 1.82) is 0 Å². The van der Waals surface area contributed by atoms with E-state index in [0.29, 0.717) is 0 Å². The molecule has 4 nitrogen and oxygen atoms in total. The molecule has 9 aromatic carbocycles. The van der Waals surface area contributed by atoms with E-state index in [1.807, 2.05) is 0 Å². The van der Waals surface area contributed by atoms with Crippen LogP contribution in [0.1, 0.15) is 22.3 Å². The fourth-order valence-corrected chi connectivity index (χ4v) is 11.2. The van der Waals surface area contributed by atoms with Gasteiger partial charge in [0.25, 0.3) is 6.71 Å². The summed E-state index contributed by atoms with van der Waals surface area (Å²) in [4.78, 5) is 9.92. The van der Waals surface area contributed by atoms with Crippen LogP contribution < -0.4 is 41.2 Å². The van der Waals surface area contributed by atoms with Gasteiger partial charge in [0.1, 0.15) is 0 Å². The molecule has 0 unspecified atom stereocenters. The van der Waals surface area contributed by atoms with Crippen LogP contribution in [0.3, 0.4) is 0 Å². The SMILES string of the molecule is Cc1ccc(N(c2ccc(C)cc2)c2ccc3c(c2)N(c2ccccc2)c2cc([Si](C)(C)C)cc4c2B3c2ccc(N(c3ccc(C)cc3)c3ccc(C)cc3)cc2N4c2ccccc2)cc1. The van der Waals surface area contributed by atoms with Crippen LogP contribution in [-0.2, 0) is 0 Å². The molecule has 0 aromatic heterocycles. The van der Waals surface area contributed by atoms with Crippen LogP contribution in [0, 0.1) is 27.7 Å². The number of hydrogen-bond donors (Lipinski definition) is 0. The third-order valence-electron chi connectivity index (χ3n) is 13.6. The van der Waals surface area contributed by atoms with Gasteiger partial charge in [-0.15, -0.1) is 0 Å². The summed E-state index contributed by atoms with van der Waals surface area (Å²) in [6.45, 7) is 16.0. The number of hydrogen-bond acceptors (Lipinski definition) is 4. The summed E-state index contributed by atoms with van der Waals surface area (Å²) in [6.07, 6.45) is 0. The van der Waals surface area contributed by atoms with Gasteiger partial charge in [-0.1, -0.05) is 144 Å². The van der Waals surface area contributed by atoms with Crippen molar-refractivity contribution in [3.8, 4) is 0 Å². The second kappa shape index (κ2) is 16.7. The minimum atomic E-state index is -1.90. The Labute approximate surface area is 398 Å². The summed E-state index contributed by atoms with van der Waals surface area (Å²) in [5.74, 6) is 0. The molecule has 326 valence electrons. The van der Waals surface area contributed by atoms with Crippen molar-refractivity contribution in [2.24, 2.45) is 0 Å². The lowest BCUT2D eigenvalue weighted by Crippen LogP contribution is -2.62. The Balaban J connectivity index is 1.20. The smallest absolute Gasteiger partial charge is 0.252 e. The van der Waals surface area contributed by atoms with Crippen molar-refractivity contribution in [2.75, 3.05) is 19.6 Å². The van der Waals surface area contributed by atoms with E-state index in [2.05, 4.69) is 273 Å². The molecule has 2 heterocycles. The van der Waals surface area contributed by atoms with Gasteiger partial charge >= 0.3 is 0 Å². The topological polar surface area (TPSA) is 13.0 Å². The third kappa shape index (κ3) is 7.61. The largest absolute Gasteiger partial charge is 0.311 e. The first-order chi connectivity index (χ1) is 32.5. The molecule has 11 rings (SSSR count). The molecule has 9 aromatic rings. The summed E-state index contributed by atoms with van der Waals surface area (Å²) < 4.78 is 0. The van der Waals surface area contributed by atoms with Gasteiger partial charge < -0.3 is 19.6 Å². The molecule has 0 fully saturated rings. The predicted octanol–water partition coefficient (Wildman–Crippen LogP) is 14.5. The molecule has 0 amide bonds. The maximum absolute atomic E-state index is 2.55. The zero-order valence-electron chi connectivity index (χ0n) is 39.5. The van der Waals surface area contributed by atoms with Crippen molar-refractivity contribution < 1.29 is 0 Å². The Kier molecular flexibility index (Phi) is 10.5. The van der Waals surface area contributed by atoms with Crippen LogP contribution in [0.15, 0.2) is 206 Å². The standard InChI is InChI=1S/C61H55BN4Si/c1-42-18-26-48(27-19-42)63(49-28-20-43(2)21-29-49)52-34-36-55-57(38-52)65(46-14-10-8-11-15-46)59-40-54(67(5,6)7)41-60-61(59)62(55)56-37-35-53(39-58(56)66(60)47-16-12-9-13-17-47)64(50-30-22-44(3)23-31-50)51-32-24-45(4)25-33-51/h8-41H,1-7H3. The molecular formula is C61H55BN4Si. The third-order valence-corrected chi connectivity index (χ3v) is 15.6. The Hall–Kier alpha value is -7.54. The number of rotatable bonds is 9. The fraction of sp³-hybridized carbons (Fsp3) is 0.115. The van der Waals surface area contributed by atoms with Gasteiger partial charge in [-0.3, -0.25) is 0 Å². The van der Waals surface area contributed by atoms with Crippen LogP contribution in [0.4, 0.5) is 68.2 Å². The van der Waals surface area contributed by atoms with E-state index in [4.69, 9.17) is 0 Å². The number of nitrogens with zero attached hydrogens (tertiary/aromatic N) is 4. The lowest BCUT2D eigenvalue weighted by Gasteiger charge is -2.45. The summed E-state index contributed by atoms with van der Waals surface area (Å²) in [5, 5.41) is 1.42. The molecule has 0 saturated heterocycles. The minimum Gasteiger partial charge on any atom is -0.311 e. The van der Waals surface area contributed by atoms with Crippen LogP contribution in [0.5, 0.6) is 0 Å². The zero-order valence-corrected chi connectivity index (χ0v) is 40.5. The number of para-hydroxylation sites is 2. The van der Waals surface area contributed by atoms with Gasteiger partial charge in [0, 0.05) is 68.2 Å². The summed E-state index contributed by atoms with van der Waals surface area (Å²) in [6, 6.07) is 77.2. The molecule has 6 heteroatoms. The second-order valence-electron chi connectivity index (χ2n) is 19.5. The fourth-order valence-electron chi connectivity index (χ4n) is 10.1. The van der Waals surface area contributed by atoms with Crippen molar-refractivity contribution in [3.05, 3.63) is 229 Å². The second-order valence-corrected chi connectivity index (χ2v) is 24.5. The van der Waals surface area contributed by atoms with E-state index < -0.39 is 8.07 Å². The Morgan fingerprint density at radius 3 is 0.970 bits per heavy atom. The van der Waals surface area contributed by atoms with Gasteiger partial charge in [-0.2, -0.15) is 0 Å². The van der Waals surface area contributed by atoms with E-state index in [9.17, 15) is 0 Å². The molecule has 2 aliphatic heterocycles. The zero-order chi connectivity index (χ0) is 46.0. The van der Waals surface area contributed by atoms with E-state index in [1.54, 1.807) is 0 Å². The van der Waals surface area contributed by atoms with E-state index in [0.717, 1.165) is 45.5 Å². The van der Waals surface area contributed by atoms with Crippen molar-refractivity contribution in [3.63, 3.8) is 0 Å². The van der Waals surface area contributed by atoms with Gasteiger partial charge in [0.2, 0.25) is 0 Å². The lowest BCUT2D eigenvalue weighted by molar-refractivity contribution is 1.23. The highest BCUT2D eigenvalue weighted by molar-refractivity contribution is 7.00. The predicted molar refractivity (Wildman–Crippen MR) is 292 cm³/mol. The maximum Gasteiger partial charge on any atom is 0.252 e. The number of anilines is 12. The van der Waals surface area contributed by atoms with E-state index in [1.165, 1.54) is 66.6 Å². The van der Waals surface area contributed by atoms with Crippen molar-refractivity contribution in [2.45, 2.75) is 47.3 Å². The molecule has 0 atom stereocenters. The first-order valence-corrected chi connectivity index (χ1v) is 27.0. The Bertz CT molecular complexity index is 2950. The highest BCUT2D eigenvalue weighted by Gasteiger charge is 2.44. The summed E-state index contributed by atoms with van der Waals surface area (Å²) in [5.41, 5.74) is 22.7. The molecule has 2 aliphatic rings. The summed E-state index contributed by atoms with van der Waals surface area (Å²) >= 11 is 0. The van der Waals surface area contributed by atoms with E-state index >= 15 is 0 Å². The molecule has 0 spiro atoms.